The molecule has 3 nitrogen and oxygen atoms in total. The first-order valence-corrected chi connectivity index (χ1v) is 9.10. The van der Waals surface area contributed by atoms with Crippen LogP contribution in [0.25, 0.3) is 27.8 Å². The first-order chi connectivity index (χ1) is 12.1. The van der Waals surface area contributed by atoms with E-state index in [1.807, 2.05) is 12.3 Å². The van der Waals surface area contributed by atoms with Crippen molar-refractivity contribution in [2.24, 2.45) is 0 Å². The van der Waals surface area contributed by atoms with E-state index in [2.05, 4.69) is 87.9 Å². The Hall–Kier alpha value is -2.46. The van der Waals surface area contributed by atoms with Gasteiger partial charge in [0.25, 0.3) is 0 Å². The normalized spacial score (nSPS) is 14.5. The second-order valence-corrected chi connectivity index (χ2v) is 7.68. The molecule has 0 spiro atoms. The Morgan fingerprint density at radius 1 is 1.00 bits per heavy atom. The van der Waals surface area contributed by atoms with E-state index in [9.17, 15) is 0 Å². The van der Waals surface area contributed by atoms with Crippen LogP contribution in [-0.2, 0) is 5.41 Å². The standard InChI is InChI=1S/C21H16BrN3/c1-21(2)15-10-6-9-14-11-16(13-7-4-3-5-8-13)25(18(14)15)17-12-23-20(22)24-19(17)21/h3-12H,1-2H3. The summed E-state index contributed by atoms with van der Waals surface area (Å²) in [5.41, 5.74) is 6.84. The van der Waals surface area contributed by atoms with Crippen LogP contribution < -0.4 is 0 Å². The molecule has 0 aliphatic carbocycles. The second-order valence-electron chi connectivity index (χ2n) is 6.97. The van der Waals surface area contributed by atoms with E-state index in [-0.39, 0.29) is 5.41 Å². The molecule has 3 heterocycles. The SMILES string of the molecule is CC1(C)c2nc(Br)ncc2-n2c(-c3ccccc3)cc3cccc1c32. The van der Waals surface area contributed by atoms with Crippen LogP contribution in [0.2, 0.25) is 0 Å². The first-order valence-electron chi connectivity index (χ1n) is 8.31. The Labute approximate surface area is 154 Å². The monoisotopic (exact) mass is 389 g/mol. The lowest BCUT2D eigenvalue weighted by molar-refractivity contribution is 0.599. The Bertz CT molecular complexity index is 1130. The zero-order chi connectivity index (χ0) is 17.2. The number of halogens is 1. The summed E-state index contributed by atoms with van der Waals surface area (Å²) in [4.78, 5) is 9.17. The van der Waals surface area contributed by atoms with E-state index < -0.39 is 0 Å². The van der Waals surface area contributed by atoms with Crippen LogP contribution in [0.5, 0.6) is 0 Å². The minimum absolute atomic E-state index is 0.178. The average Bonchev–Trinajstić information content (AvgIpc) is 3.01. The van der Waals surface area contributed by atoms with Crippen molar-refractivity contribution in [1.29, 1.82) is 0 Å². The maximum atomic E-state index is 4.75. The molecule has 5 rings (SSSR count). The van der Waals surface area contributed by atoms with Crippen LogP contribution in [0.15, 0.2) is 65.5 Å². The highest BCUT2D eigenvalue weighted by Gasteiger charge is 2.36. The van der Waals surface area contributed by atoms with Crippen LogP contribution in [0, 0.1) is 0 Å². The van der Waals surface area contributed by atoms with Gasteiger partial charge in [-0.3, -0.25) is 0 Å². The Morgan fingerprint density at radius 2 is 1.80 bits per heavy atom. The van der Waals surface area contributed by atoms with Crippen molar-refractivity contribution in [3.63, 3.8) is 0 Å². The van der Waals surface area contributed by atoms with Crippen molar-refractivity contribution in [3.8, 4) is 16.9 Å². The van der Waals surface area contributed by atoms with Gasteiger partial charge in [-0.1, -0.05) is 48.5 Å². The fourth-order valence-corrected chi connectivity index (χ4v) is 4.22. The van der Waals surface area contributed by atoms with E-state index in [0.29, 0.717) is 4.73 Å². The molecular formula is C21H16BrN3. The molecule has 0 bridgehead atoms. The van der Waals surface area contributed by atoms with E-state index in [1.54, 1.807) is 0 Å². The van der Waals surface area contributed by atoms with E-state index in [0.717, 1.165) is 11.4 Å². The maximum absolute atomic E-state index is 4.75. The number of fused-ring (bicyclic) bond motifs is 2. The summed E-state index contributed by atoms with van der Waals surface area (Å²) in [6.45, 7) is 4.47. The summed E-state index contributed by atoms with van der Waals surface area (Å²) >= 11 is 3.44. The molecule has 0 saturated carbocycles. The molecular weight excluding hydrogens is 374 g/mol. The summed E-state index contributed by atoms with van der Waals surface area (Å²) < 4.78 is 2.94. The molecule has 1 aliphatic rings. The molecule has 0 atom stereocenters. The Balaban J connectivity index is 1.98. The van der Waals surface area contributed by atoms with Gasteiger partial charge in [-0.15, -0.1) is 0 Å². The van der Waals surface area contributed by atoms with E-state index >= 15 is 0 Å². The highest BCUT2D eigenvalue weighted by atomic mass is 79.9. The van der Waals surface area contributed by atoms with Crippen molar-refractivity contribution < 1.29 is 0 Å². The number of para-hydroxylation sites is 1. The van der Waals surface area contributed by atoms with Gasteiger partial charge in [0.2, 0.25) is 0 Å². The largest absolute Gasteiger partial charge is 0.306 e. The predicted molar refractivity (Wildman–Crippen MR) is 104 cm³/mol. The topological polar surface area (TPSA) is 30.7 Å². The zero-order valence-electron chi connectivity index (χ0n) is 14.0. The van der Waals surface area contributed by atoms with Gasteiger partial charge in [0, 0.05) is 10.8 Å². The van der Waals surface area contributed by atoms with Gasteiger partial charge >= 0.3 is 0 Å². The van der Waals surface area contributed by atoms with E-state index in [1.165, 1.54) is 27.7 Å². The lowest BCUT2D eigenvalue weighted by Gasteiger charge is -2.33. The lowest BCUT2D eigenvalue weighted by Crippen LogP contribution is -2.28. The molecule has 0 saturated heterocycles. The van der Waals surface area contributed by atoms with Crippen LogP contribution in [0.4, 0.5) is 0 Å². The molecule has 2 aromatic carbocycles. The summed E-state index contributed by atoms with van der Waals surface area (Å²) in [5.74, 6) is 0. The number of nitrogens with zero attached hydrogens (tertiary/aromatic N) is 3. The summed E-state index contributed by atoms with van der Waals surface area (Å²) in [6.07, 6.45) is 1.93. The first kappa shape index (κ1) is 14.8. The van der Waals surface area contributed by atoms with Gasteiger partial charge in [0.1, 0.15) is 0 Å². The third-order valence-electron chi connectivity index (χ3n) is 5.14. The lowest BCUT2D eigenvalue weighted by atomic mass is 9.78. The van der Waals surface area contributed by atoms with Gasteiger partial charge in [-0.2, -0.15) is 0 Å². The van der Waals surface area contributed by atoms with Crippen molar-refractivity contribution >= 4 is 26.8 Å². The van der Waals surface area contributed by atoms with Crippen molar-refractivity contribution in [1.82, 2.24) is 14.5 Å². The third-order valence-corrected chi connectivity index (χ3v) is 5.52. The van der Waals surface area contributed by atoms with Crippen molar-refractivity contribution in [3.05, 3.63) is 76.8 Å². The van der Waals surface area contributed by atoms with Crippen molar-refractivity contribution in [2.75, 3.05) is 0 Å². The quantitative estimate of drug-likeness (QED) is 0.403. The minimum atomic E-state index is -0.178. The molecule has 0 fully saturated rings. The van der Waals surface area contributed by atoms with Crippen molar-refractivity contribution in [2.45, 2.75) is 19.3 Å². The number of benzene rings is 2. The Kier molecular flexibility index (Phi) is 2.98. The highest BCUT2D eigenvalue weighted by Crippen LogP contribution is 2.46. The molecule has 0 unspecified atom stereocenters. The molecule has 0 radical (unpaired) electrons. The fourth-order valence-electron chi connectivity index (χ4n) is 3.94. The van der Waals surface area contributed by atoms with Gasteiger partial charge < -0.3 is 4.57 Å². The molecule has 0 N–H and O–H groups in total. The van der Waals surface area contributed by atoms with Crippen LogP contribution >= 0.6 is 15.9 Å². The smallest absolute Gasteiger partial charge is 0.196 e. The predicted octanol–water partition coefficient (Wildman–Crippen LogP) is 5.49. The summed E-state index contributed by atoms with van der Waals surface area (Å²) in [7, 11) is 0. The number of rotatable bonds is 1. The molecule has 4 aromatic rings. The maximum Gasteiger partial charge on any atom is 0.196 e. The van der Waals surface area contributed by atoms with Gasteiger partial charge in [-0.25, -0.2) is 9.97 Å². The van der Waals surface area contributed by atoms with Gasteiger partial charge in [-0.05, 0) is 47.0 Å². The molecule has 122 valence electrons. The Morgan fingerprint density at radius 3 is 2.60 bits per heavy atom. The fraction of sp³-hybridized carbons (Fsp3) is 0.143. The molecule has 0 amide bonds. The number of hydrogen-bond acceptors (Lipinski definition) is 2. The number of hydrogen-bond donors (Lipinski definition) is 0. The van der Waals surface area contributed by atoms with Gasteiger partial charge in [0.05, 0.1) is 28.8 Å². The second kappa shape index (κ2) is 5.02. The molecule has 25 heavy (non-hydrogen) atoms. The number of aromatic nitrogens is 3. The van der Waals surface area contributed by atoms with Crippen LogP contribution in [0.3, 0.4) is 0 Å². The molecule has 1 aliphatic heterocycles. The molecule has 4 heteroatoms. The summed E-state index contributed by atoms with van der Waals surface area (Å²) in [5, 5.41) is 1.25. The average molecular weight is 390 g/mol. The third kappa shape index (κ3) is 1.97. The highest BCUT2D eigenvalue weighted by molar-refractivity contribution is 9.10. The van der Waals surface area contributed by atoms with Crippen LogP contribution in [-0.4, -0.2) is 14.5 Å². The van der Waals surface area contributed by atoms with Crippen LogP contribution in [0.1, 0.15) is 25.1 Å². The van der Waals surface area contributed by atoms with Gasteiger partial charge in [0.15, 0.2) is 4.73 Å². The summed E-state index contributed by atoms with van der Waals surface area (Å²) in [6, 6.07) is 19.3. The molecule has 2 aromatic heterocycles. The van der Waals surface area contributed by atoms with E-state index in [4.69, 9.17) is 4.98 Å². The minimum Gasteiger partial charge on any atom is -0.306 e. The zero-order valence-corrected chi connectivity index (χ0v) is 15.6.